The lowest BCUT2D eigenvalue weighted by molar-refractivity contribution is 0.0181. The summed E-state index contributed by atoms with van der Waals surface area (Å²) in [5, 5.41) is 26.8. The maximum atomic E-state index is 15.4. The van der Waals surface area contributed by atoms with Crippen LogP contribution < -0.4 is 10.1 Å². The first kappa shape index (κ1) is 20.6. The van der Waals surface area contributed by atoms with Gasteiger partial charge in [0.25, 0.3) is 0 Å². The second-order valence-electron chi connectivity index (χ2n) is 10.2. The third kappa shape index (κ3) is 2.73. The number of nitrogens with zero attached hydrogens (tertiary/aromatic N) is 4. The van der Waals surface area contributed by atoms with Gasteiger partial charge < -0.3 is 15.2 Å². The number of aromatic nitrogens is 4. The van der Waals surface area contributed by atoms with Crippen LogP contribution in [0.5, 0.6) is 11.6 Å². The van der Waals surface area contributed by atoms with Gasteiger partial charge in [0.15, 0.2) is 6.17 Å². The number of fused-ring (bicyclic) bond motifs is 5. The molecule has 0 amide bonds. The fourth-order valence-corrected chi connectivity index (χ4v) is 6.52. The molecule has 2 aliphatic heterocycles. The number of rotatable bonds is 4. The number of aromatic hydroxyl groups is 1. The summed E-state index contributed by atoms with van der Waals surface area (Å²) in [5.74, 6) is 0.890. The van der Waals surface area contributed by atoms with Crippen LogP contribution in [0.3, 0.4) is 0 Å². The molecule has 33 heavy (non-hydrogen) atoms. The van der Waals surface area contributed by atoms with Crippen molar-refractivity contribution in [2.45, 2.75) is 58.5 Å². The standard InChI is InChI=1S/C25H28FN5O2/c1-13-9-10-31(30-13)15-5-6-16(18(32)11-15)17-7-8-21(29-28-17)33-19-12-20-24(3)14(2)25(24,4)23(27-20)22(19)26/h5-11,14,19-20,22-23,27,32H,12H2,1-4H3. The molecule has 8 heteroatoms. The first-order valence-electron chi connectivity index (χ1n) is 11.5. The molecule has 2 saturated heterocycles. The predicted octanol–water partition coefficient (Wildman–Crippen LogP) is 3.84. The Hall–Kier alpha value is -3.00. The van der Waals surface area contributed by atoms with E-state index in [1.54, 1.807) is 28.9 Å². The zero-order valence-electron chi connectivity index (χ0n) is 19.2. The zero-order valence-corrected chi connectivity index (χ0v) is 19.2. The van der Waals surface area contributed by atoms with Gasteiger partial charge in [-0.15, -0.1) is 10.2 Å². The third-order valence-corrected chi connectivity index (χ3v) is 8.93. The summed E-state index contributed by atoms with van der Waals surface area (Å²) in [6, 6.07) is 10.7. The van der Waals surface area contributed by atoms with Crippen LogP contribution in [0.4, 0.5) is 4.39 Å². The van der Waals surface area contributed by atoms with Crippen LogP contribution in [0, 0.1) is 23.7 Å². The third-order valence-electron chi connectivity index (χ3n) is 8.93. The van der Waals surface area contributed by atoms with Gasteiger partial charge in [-0.25, -0.2) is 9.07 Å². The Morgan fingerprint density at radius 3 is 2.64 bits per heavy atom. The molecule has 7 atom stereocenters. The summed E-state index contributed by atoms with van der Waals surface area (Å²) in [4.78, 5) is 0. The van der Waals surface area contributed by atoms with E-state index in [1.807, 2.05) is 25.3 Å². The second-order valence-corrected chi connectivity index (χ2v) is 10.2. The number of ether oxygens (including phenoxy) is 1. The number of phenols is 1. The Balaban J connectivity index is 1.19. The Bertz CT molecular complexity index is 1230. The van der Waals surface area contributed by atoms with E-state index < -0.39 is 12.3 Å². The molecule has 1 aliphatic carbocycles. The van der Waals surface area contributed by atoms with E-state index in [0.717, 1.165) is 11.4 Å². The molecule has 7 nitrogen and oxygen atoms in total. The number of hydrogen-bond donors (Lipinski definition) is 2. The van der Waals surface area contributed by atoms with Gasteiger partial charge in [0.05, 0.1) is 17.1 Å². The van der Waals surface area contributed by atoms with Gasteiger partial charge in [-0.3, -0.25) is 0 Å². The van der Waals surface area contributed by atoms with Crippen molar-refractivity contribution in [3.8, 4) is 28.6 Å². The fraction of sp³-hybridized carbons (Fsp3) is 0.480. The maximum Gasteiger partial charge on any atom is 0.233 e. The number of hydrogen-bond acceptors (Lipinski definition) is 6. The molecule has 1 aromatic carbocycles. The Morgan fingerprint density at radius 1 is 1.15 bits per heavy atom. The molecule has 3 aromatic rings. The number of halogens is 1. The largest absolute Gasteiger partial charge is 0.507 e. The summed E-state index contributed by atoms with van der Waals surface area (Å²) in [6.07, 6.45) is 0.820. The lowest BCUT2D eigenvalue weighted by atomic mass is 9.88. The molecule has 3 aliphatic rings. The number of piperidine rings is 2. The van der Waals surface area contributed by atoms with Gasteiger partial charge in [0, 0.05) is 42.4 Å². The van der Waals surface area contributed by atoms with Crippen molar-refractivity contribution in [2.75, 3.05) is 0 Å². The molecule has 0 radical (unpaired) electrons. The highest BCUT2D eigenvalue weighted by Crippen LogP contribution is 2.77. The van der Waals surface area contributed by atoms with Crippen molar-refractivity contribution in [1.82, 2.24) is 25.3 Å². The Kier molecular flexibility index (Phi) is 4.22. The van der Waals surface area contributed by atoms with E-state index in [1.165, 1.54) is 0 Å². The van der Waals surface area contributed by atoms with Crippen LogP contribution in [-0.2, 0) is 0 Å². The minimum absolute atomic E-state index is 0.0245. The van der Waals surface area contributed by atoms with Gasteiger partial charge in [0.1, 0.15) is 11.9 Å². The SMILES string of the molecule is Cc1ccn(-c2ccc(-c3ccc(OC4CC5NC(C4F)C4(C)C(C)C54C)nn3)c(O)c2)n1. The normalized spacial score (nSPS) is 36.5. The predicted molar refractivity (Wildman–Crippen MR) is 121 cm³/mol. The number of alkyl halides is 1. The Morgan fingerprint density at radius 2 is 1.97 bits per heavy atom. The van der Waals surface area contributed by atoms with Crippen molar-refractivity contribution in [3.05, 3.63) is 48.3 Å². The summed E-state index contributed by atoms with van der Waals surface area (Å²) >= 11 is 0. The number of aryl methyl sites for hydroxylation is 1. The molecule has 2 aromatic heterocycles. The van der Waals surface area contributed by atoms with Crippen LogP contribution in [0.15, 0.2) is 42.6 Å². The zero-order chi connectivity index (χ0) is 23.1. The Labute approximate surface area is 192 Å². The molecule has 0 spiro atoms. The van der Waals surface area contributed by atoms with Crippen LogP contribution >= 0.6 is 0 Å². The van der Waals surface area contributed by atoms with Crippen LogP contribution in [0.1, 0.15) is 32.9 Å². The summed E-state index contributed by atoms with van der Waals surface area (Å²) in [6.45, 7) is 8.61. The molecule has 4 heterocycles. The molecule has 2 N–H and O–H groups in total. The topological polar surface area (TPSA) is 85.1 Å². The molecule has 3 fully saturated rings. The van der Waals surface area contributed by atoms with Gasteiger partial charge >= 0.3 is 0 Å². The molecule has 6 rings (SSSR count). The maximum absolute atomic E-state index is 15.4. The number of nitrogens with one attached hydrogen (secondary N) is 1. The number of benzene rings is 1. The van der Waals surface area contributed by atoms with E-state index in [-0.39, 0.29) is 28.7 Å². The smallest absolute Gasteiger partial charge is 0.233 e. The summed E-state index contributed by atoms with van der Waals surface area (Å²) in [7, 11) is 0. The van der Waals surface area contributed by atoms with Gasteiger partial charge in [0.2, 0.25) is 5.88 Å². The summed E-state index contributed by atoms with van der Waals surface area (Å²) < 4.78 is 23.1. The van der Waals surface area contributed by atoms with Gasteiger partial charge in [-0.05, 0) is 47.9 Å². The van der Waals surface area contributed by atoms with Crippen molar-refractivity contribution in [3.63, 3.8) is 0 Å². The lowest BCUT2D eigenvalue weighted by Crippen LogP contribution is -2.56. The molecular weight excluding hydrogens is 421 g/mol. The second kappa shape index (κ2) is 6.76. The van der Waals surface area contributed by atoms with E-state index in [4.69, 9.17) is 4.74 Å². The van der Waals surface area contributed by atoms with Crippen LogP contribution in [-0.4, -0.2) is 49.4 Å². The van der Waals surface area contributed by atoms with Gasteiger partial charge in [-0.2, -0.15) is 5.10 Å². The highest BCUT2D eigenvalue weighted by Gasteiger charge is 2.81. The quantitative estimate of drug-likeness (QED) is 0.630. The van der Waals surface area contributed by atoms with E-state index in [0.29, 0.717) is 29.5 Å². The number of phenolic OH excluding ortho intramolecular Hbond substituents is 1. The molecule has 7 unspecified atom stereocenters. The van der Waals surface area contributed by atoms with E-state index in [2.05, 4.69) is 41.4 Å². The molecule has 2 bridgehead atoms. The summed E-state index contributed by atoms with van der Waals surface area (Å²) in [5.41, 5.74) is 2.81. The van der Waals surface area contributed by atoms with E-state index in [9.17, 15) is 5.11 Å². The van der Waals surface area contributed by atoms with Gasteiger partial charge in [-0.1, -0.05) is 20.8 Å². The highest BCUT2D eigenvalue weighted by atomic mass is 19.1. The highest BCUT2D eigenvalue weighted by molar-refractivity contribution is 5.68. The minimum atomic E-state index is -1.10. The van der Waals surface area contributed by atoms with Crippen LogP contribution in [0.25, 0.3) is 16.9 Å². The van der Waals surface area contributed by atoms with Crippen molar-refractivity contribution >= 4 is 0 Å². The molecule has 172 valence electrons. The van der Waals surface area contributed by atoms with E-state index >= 15 is 4.39 Å². The van der Waals surface area contributed by atoms with Crippen molar-refractivity contribution in [1.29, 1.82) is 0 Å². The fourth-order valence-electron chi connectivity index (χ4n) is 6.52. The monoisotopic (exact) mass is 449 g/mol. The first-order valence-corrected chi connectivity index (χ1v) is 11.5. The molecular formula is C25H28FN5O2. The van der Waals surface area contributed by atoms with Crippen molar-refractivity contribution in [2.24, 2.45) is 16.7 Å². The van der Waals surface area contributed by atoms with Crippen LogP contribution in [0.2, 0.25) is 0 Å². The lowest BCUT2D eigenvalue weighted by Gasteiger charge is -2.38. The average Bonchev–Trinajstić information content (AvgIpc) is 3.10. The molecule has 1 saturated carbocycles. The van der Waals surface area contributed by atoms with Crippen molar-refractivity contribution < 1.29 is 14.2 Å². The average molecular weight is 450 g/mol. The minimum Gasteiger partial charge on any atom is -0.507 e. The first-order chi connectivity index (χ1) is 15.7.